The van der Waals surface area contributed by atoms with Crippen LogP contribution in [-0.2, 0) is 0 Å². The van der Waals surface area contributed by atoms with Crippen LogP contribution in [0.15, 0.2) is 46.0 Å². The minimum atomic E-state index is 0.0799. The number of halogens is 1. The van der Waals surface area contributed by atoms with Gasteiger partial charge in [0.1, 0.15) is 0 Å². The molecule has 0 saturated carbocycles. The molecule has 0 aromatic heterocycles. The van der Waals surface area contributed by atoms with Gasteiger partial charge in [0.15, 0.2) is 11.5 Å². The highest BCUT2D eigenvalue weighted by Crippen LogP contribution is 2.34. The summed E-state index contributed by atoms with van der Waals surface area (Å²) in [5.41, 5.74) is 5.86. The zero-order valence-electron chi connectivity index (χ0n) is 11.2. The van der Waals surface area contributed by atoms with Gasteiger partial charge in [-0.15, -0.1) is 0 Å². The van der Waals surface area contributed by atoms with Crippen LogP contribution < -0.4 is 10.2 Å². The maximum Gasteiger partial charge on any atom is 0.172 e. The van der Waals surface area contributed by atoms with Crippen LogP contribution >= 0.6 is 15.9 Å². The van der Waals surface area contributed by atoms with E-state index in [1.165, 1.54) is 12.7 Å². The molecule has 104 valence electrons. The standard InChI is InChI=1S/C15H15BrN2O2/c1-10-4-3-5-12(6-10)18-17-9-11-7-13(16)15(19)14(8-11)20-2/h3-9,18-19H,1-2H3. The number of nitrogens with zero attached hydrogens (tertiary/aromatic N) is 1. The van der Waals surface area contributed by atoms with E-state index in [4.69, 9.17) is 4.74 Å². The van der Waals surface area contributed by atoms with E-state index in [0.29, 0.717) is 10.2 Å². The Morgan fingerprint density at radius 3 is 2.80 bits per heavy atom. The predicted octanol–water partition coefficient (Wildman–Crippen LogP) is 3.92. The number of anilines is 1. The van der Waals surface area contributed by atoms with Crippen LogP contribution in [0.25, 0.3) is 0 Å². The van der Waals surface area contributed by atoms with Gasteiger partial charge in [0.25, 0.3) is 0 Å². The monoisotopic (exact) mass is 334 g/mol. The fraction of sp³-hybridized carbons (Fsp3) is 0.133. The molecule has 20 heavy (non-hydrogen) atoms. The summed E-state index contributed by atoms with van der Waals surface area (Å²) in [5.74, 6) is 0.479. The van der Waals surface area contributed by atoms with Crippen molar-refractivity contribution in [3.63, 3.8) is 0 Å². The molecule has 2 aromatic carbocycles. The van der Waals surface area contributed by atoms with Crippen LogP contribution in [0.4, 0.5) is 5.69 Å². The lowest BCUT2D eigenvalue weighted by Crippen LogP contribution is -1.92. The molecule has 0 saturated heterocycles. The number of phenolic OH excluding ortho intramolecular Hbond substituents is 1. The van der Waals surface area contributed by atoms with Gasteiger partial charge < -0.3 is 9.84 Å². The number of hydrogen-bond acceptors (Lipinski definition) is 4. The summed E-state index contributed by atoms with van der Waals surface area (Å²) in [6.45, 7) is 2.02. The zero-order chi connectivity index (χ0) is 14.5. The van der Waals surface area contributed by atoms with E-state index in [-0.39, 0.29) is 5.75 Å². The normalized spacial score (nSPS) is 10.8. The van der Waals surface area contributed by atoms with Crippen LogP contribution in [0.2, 0.25) is 0 Å². The number of methoxy groups -OCH3 is 1. The van der Waals surface area contributed by atoms with Crippen molar-refractivity contribution in [1.82, 2.24) is 0 Å². The minimum absolute atomic E-state index is 0.0799. The second-order valence-corrected chi connectivity index (χ2v) is 5.15. The Morgan fingerprint density at radius 2 is 2.10 bits per heavy atom. The first-order valence-electron chi connectivity index (χ1n) is 6.02. The van der Waals surface area contributed by atoms with E-state index in [0.717, 1.165) is 11.3 Å². The van der Waals surface area contributed by atoms with Crippen LogP contribution in [0.5, 0.6) is 11.5 Å². The molecule has 0 aliphatic rings. The lowest BCUT2D eigenvalue weighted by Gasteiger charge is -2.06. The summed E-state index contributed by atoms with van der Waals surface area (Å²) in [7, 11) is 1.51. The van der Waals surface area contributed by atoms with Gasteiger partial charge in [-0.05, 0) is 58.2 Å². The number of nitrogens with one attached hydrogen (secondary N) is 1. The molecule has 2 rings (SSSR count). The summed E-state index contributed by atoms with van der Waals surface area (Å²) in [4.78, 5) is 0. The van der Waals surface area contributed by atoms with Crippen molar-refractivity contribution in [1.29, 1.82) is 0 Å². The smallest absolute Gasteiger partial charge is 0.172 e. The van der Waals surface area contributed by atoms with Crippen molar-refractivity contribution in [3.05, 3.63) is 52.0 Å². The molecule has 0 aliphatic carbocycles. The van der Waals surface area contributed by atoms with E-state index in [9.17, 15) is 5.11 Å². The molecular weight excluding hydrogens is 320 g/mol. The quantitative estimate of drug-likeness (QED) is 0.658. The van der Waals surface area contributed by atoms with Gasteiger partial charge in [-0.25, -0.2) is 0 Å². The third-order valence-corrected chi connectivity index (χ3v) is 3.30. The fourth-order valence-corrected chi connectivity index (χ4v) is 2.18. The van der Waals surface area contributed by atoms with Crippen LogP contribution in [0.3, 0.4) is 0 Å². The Kier molecular flexibility index (Phi) is 4.63. The maximum absolute atomic E-state index is 9.72. The van der Waals surface area contributed by atoms with E-state index in [1.54, 1.807) is 18.3 Å². The van der Waals surface area contributed by atoms with Gasteiger partial charge >= 0.3 is 0 Å². The SMILES string of the molecule is COc1cc(C=NNc2cccc(C)c2)cc(Br)c1O. The molecule has 0 unspecified atom stereocenters. The van der Waals surface area contributed by atoms with E-state index in [2.05, 4.69) is 26.5 Å². The highest BCUT2D eigenvalue weighted by molar-refractivity contribution is 9.10. The molecule has 2 N–H and O–H groups in total. The van der Waals surface area contributed by atoms with Gasteiger partial charge in [-0.2, -0.15) is 5.10 Å². The number of benzene rings is 2. The van der Waals surface area contributed by atoms with Gasteiger partial charge in [-0.1, -0.05) is 12.1 Å². The Hall–Kier alpha value is -2.01. The topological polar surface area (TPSA) is 53.8 Å². The molecule has 2 aromatic rings. The molecule has 0 spiro atoms. The second kappa shape index (κ2) is 6.43. The number of hydrogen-bond donors (Lipinski definition) is 2. The van der Waals surface area contributed by atoms with E-state index < -0.39 is 0 Å². The van der Waals surface area contributed by atoms with Gasteiger partial charge in [0.05, 0.1) is 23.5 Å². The number of aryl methyl sites for hydroxylation is 1. The minimum Gasteiger partial charge on any atom is -0.503 e. The average molecular weight is 335 g/mol. The second-order valence-electron chi connectivity index (χ2n) is 4.29. The number of aromatic hydroxyl groups is 1. The van der Waals surface area contributed by atoms with Crippen molar-refractivity contribution in [2.24, 2.45) is 5.10 Å². The molecule has 5 heteroatoms. The first-order valence-corrected chi connectivity index (χ1v) is 6.81. The molecule has 4 nitrogen and oxygen atoms in total. The first-order chi connectivity index (χ1) is 9.60. The highest BCUT2D eigenvalue weighted by Gasteiger charge is 2.07. The molecule has 0 aliphatic heterocycles. The summed E-state index contributed by atoms with van der Waals surface area (Å²) in [6, 6.07) is 11.4. The highest BCUT2D eigenvalue weighted by atomic mass is 79.9. The third-order valence-electron chi connectivity index (χ3n) is 2.70. The van der Waals surface area contributed by atoms with Crippen molar-refractivity contribution in [2.45, 2.75) is 6.92 Å². The number of rotatable bonds is 4. The largest absolute Gasteiger partial charge is 0.503 e. The van der Waals surface area contributed by atoms with Gasteiger partial charge in [0.2, 0.25) is 0 Å². The summed E-state index contributed by atoms with van der Waals surface area (Å²) >= 11 is 3.27. The van der Waals surface area contributed by atoms with Crippen molar-refractivity contribution < 1.29 is 9.84 Å². The molecule has 0 amide bonds. The zero-order valence-corrected chi connectivity index (χ0v) is 12.8. The average Bonchev–Trinajstić information content (AvgIpc) is 2.42. The maximum atomic E-state index is 9.72. The predicted molar refractivity (Wildman–Crippen MR) is 84.8 cm³/mol. The van der Waals surface area contributed by atoms with E-state index in [1.807, 2.05) is 31.2 Å². The Balaban J connectivity index is 2.14. The Labute approximate surface area is 126 Å². The van der Waals surface area contributed by atoms with Crippen molar-refractivity contribution in [3.8, 4) is 11.5 Å². The number of hydrazone groups is 1. The lowest BCUT2D eigenvalue weighted by atomic mass is 10.2. The summed E-state index contributed by atoms with van der Waals surface area (Å²) < 4.78 is 5.65. The van der Waals surface area contributed by atoms with Crippen molar-refractivity contribution in [2.75, 3.05) is 12.5 Å². The van der Waals surface area contributed by atoms with Crippen molar-refractivity contribution >= 4 is 27.8 Å². The Bertz CT molecular complexity index is 642. The van der Waals surface area contributed by atoms with Crippen LogP contribution in [0, 0.1) is 6.92 Å². The molecule has 0 bridgehead atoms. The molecule has 0 heterocycles. The molecular formula is C15H15BrN2O2. The lowest BCUT2D eigenvalue weighted by molar-refractivity contribution is 0.372. The fourth-order valence-electron chi connectivity index (χ4n) is 1.72. The summed E-state index contributed by atoms with van der Waals surface area (Å²) in [5, 5.41) is 13.9. The molecule has 0 fully saturated rings. The number of ether oxygens (including phenoxy) is 1. The van der Waals surface area contributed by atoms with Gasteiger partial charge in [0, 0.05) is 0 Å². The van der Waals surface area contributed by atoms with E-state index >= 15 is 0 Å². The van der Waals surface area contributed by atoms with Gasteiger partial charge in [-0.3, -0.25) is 5.43 Å². The third kappa shape index (κ3) is 3.51. The van der Waals surface area contributed by atoms with Crippen LogP contribution in [-0.4, -0.2) is 18.4 Å². The molecule has 0 radical (unpaired) electrons. The molecule has 0 atom stereocenters. The Morgan fingerprint density at radius 1 is 1.30 bits per heavy atom. The summed E-state index contributed by atoms with van der Waals surface area (Å²) in [6.07, 6.45) is 1.66. The first kappa shape index (κ1) is 14.4. The van der Waals surface area contributed by atoms with Crippen LogP contribution in [0.1, 0.15) is 11.1 Å². The number of phenols is 1.